The molecule has 2 aliphatic rings. The molecule has 2 fully saturated rings. The highest BCUT2D eigenvalue weighted by Crippen LogP contribution is 2.26. The standard InChI is InChI=1S/C18H28N2O/c1-21-18-10-6-5-9-17(18)20-13-11-19(12-14-20)15-16-7-3-2-4-8-16/h2-4,7-8,17-18H,5-6,9-15H2,1H3/t17-,18+/m1/s1. The number of rotatable bonds is 4. The van der Waals surface area contributed by atoms with E-state index < -0.39 is 0 Å². The Bertz CT molecular complexity index is 414. The molecule has 0 radical (unpaired) electrons. The SMILES string of the molecule is CO[C@H]1CCCC[C@H]1N1CCN(Cc2ccccc2)CC1. The van der Waals surface area contributed by atoms with Gasteiger partial charge in [-0.05, 0) is 18.4 Å². The van der Waals surface area contributed by atoms with Crippen LogP contribution in [0.25, 0.3) is 0 Å². The smallest absolute Gasteiger partial charge is 0.0726 e. The lowest BCUT2D eigenvalue weighted by Crippen LogP contribution is -2.54. The number of piperazine rings is 1. The van der Waals surface area contributed by atoms with E-state index in [-0.39, 0.29) is 0 Å². The van der Waals surface area contributed by atoms with Crippen molar-refractivity contribution in [3.63, 3.8) is 0 Å². The van der Waals surface area contributed by atoms with Gasteiger partial charge in [0.1, 0.15) is 0 Å². The lowest BCUT2D eigenvalue weighted by atomic mass is 9.90. The molecule has 1 aromatic carbocycles. The number of hydrogen-bond acceptors (Lipinski definition) is 3. The van der Waals surface area contributed by atoms with E-state index in [9.17, 15) is 0 Å². The van der Waals surface area contributed by atoms with Gasteiger partial charge >= 0.3 is 0 Å². The summed E-state index contributed by atoms with van der Waals surface area (Å²) in [6, 6.07) is 11.5. The summed E-state index contributed by atoms with van der Waals surface area (Å²) in [7, 11) is 1.88. The van der Waals surface area contributed by atoms with Crippen LogP contribution in [-0.2, 0) is 11.3 Å². The summed E-state index contributed by atoms with van der Waals surface area (Å²) in [5.41, 5.74) is 1.43. The number of benzene rings is 1. The van der Waals surface area contributed by atoms with Gasteiger partial charge in [-0.2, -0.15) is 0 Å². The Hall–Kier alpha value is -0.900. The van der Waals surface area contributed by atoms with Crippen LogP contribution in [0.2, 0.25) is 0 Å². The fourth-order valence-electron chi connectivity index (χ4n) is 3.86. The summed E-state index contributed by atoms with van der Waals surface area (Å²) in [6.07, 6.45) is 5.72. The van der Waals surface area contributed by atoms with Crippen molar-refractivity contribution >= 4 is 0 Å². The van der Waals surface area contributed by atoms with Gasteiger partial charge in [-0.25, -0.2) is 0 Å². The molecule has 1 heterocycles. The highest BCUT2D eigenvalue weighted by Gasteiger charge is 2.31. The molecule has 0 unspecified atom stereocenters. The number of ether oxygens (including phenoxy) is 1. The second-order valence-electron chi connectivity index (χ2n) is 6.42. The van der Waals surface area contributed by atoms with Gasteiger partial charge in [-0.15, -0.1) is 0 Å². The van der Waals surface area contributed by atoms with Crippen LogP contribution < -0.4 is 0 Å². The molecule has 0 amide bonds. The third-order valence-corrected chi connectivity index (χ3v) is 5.10. The fraction of sp³-hybridized carbons (Fsp3) is 0.667. The molecule has 116 valence electrons. The summed E-state index contributed by atoms with van der Waals surface area (Å²) in [4.78, 5) is 5.26. The van der Waals surface area contributed by atoms with Crippen molar-refractivity contribution < 1.29 is 4.74 Å². The van der Waals surface area contributed by atoms with Crippen LogP contribution in [0.15, 0.2) is 30.3 Å². The molecule has 0 aromatic heterocycles. The van der Waals surface area contributed by atoms with Gasteiger partial charge in [-0.1, -0.05) is 43.2 Å². The number of hydrogen-bond donors (Lipinski definition) is 0. The summed E-state index contributed by atoms with van der Waals surface area (Å²) in [5, 5.41) is 0. The molecule has 1 aliphatic carbocycles. The van der Waals surface area contributed by atoms with Crippen molar-refractivity contribution in [1.29, 1.82) is 0 Å². The van der Waals surface area contributed by atoms with Gasteiger partial charge in [-0.3, -0.25) is 9.80 Å². The zero-order valence-corrected chi connectivity index (χ0v) is 13.2. The molecular weight excluding hydrogens is 260 g/mol. The van der Waals surface area contributed by atoms with E-state index in [0.29, 0.717) is 12.1 Å². The van der Waals surface area contributed by atoms with E-state index in [1.54, 1.807) is 0 Å². The van der Waals surface area contributed by atoms with E-state index in [1.807, 2.05) is 7.11 Å². The molecule has 0 bridgehead atoms. The summed E-state index contributed by atoms with van der Waals surface area (Å²) in [6.45, 7) is 5.84. The Kier molecular flexibility index (Phi) is 5.28. The molecule has 0 spiro atoms. The molecule has 1 saturated carbocycles. The monoisotopic (exact) mass is 288 g/mol. The molecule has 21 heavy (non-hydrogen) atoms. The molecule has 1 aromatic rings. The predicted octanol–water partition coefficient (Wildman–Crippen LogP) is 2.76. The van der Waals surface area contributed by atoms with Gasteiger partial charge in [0.05, 0.1) is 6.10 Å². The zero-order valence-electron chi connectivity index (χ0n) is 13.2. The molecule has 2 atom stereocenters. The number of nitrogens with zero attached hydrogens (tertiary/aromatic N) is 2. The third-order valence-electron chi connectivity index (χ3n) is 5.10. The van der Waals surface area contributed by atoms with E-state index in [1.165, 1.54) is 57.4 Å². The van der Waals surface area contributed by atoms with Gasteiger partial charge in [0.15, 0.2) is 0 Å². The van der Waals surface area contributed by atoms with Gasteiger partial charge in [0.25, 0.3) is 0 Å². The highest BCUT2D eigenvalue weighted by molar-refractivity contribution is 5.14. The van der Waals surface area contributed by atoms with Crippen molar-refractivity contribution in [3.8, 4) is 0 Å². The van der Waals surface area contributed by atoms with Crippen LogP contribution in [0.5, 0.6) is 0 Å². The van der Waals surface area contributed by atoms with Crippen molar-refractivity contribution in [3.05, 3.63) is 35.9 Å². The first-order valence-electron chi connectivity index (χ1n) is 8.40. The van der Waals surface area contributed by atoms with E-state index in [4.69, 9.17) is 4.74 Å². The first-order valence-corrected chi connectivity index (χ1v) is 8.40. The quantitative estimate of drug-likeness (QED) is 0.847. The highest BCUT2D eigenvalue weighted by atomic mass is 16.5. The van der Waals surface area contributed by atoms with Crippen molar-refractivity contribution in [2.45, 2.75) is 44.4 Å². The first kappa shape index (κ1) is 15.0. The van der Waals surface area contributed by atoms with Crippen LogP contribution >= 0.6 is 0 Å². The van der Waals surface area contributed by atoms with Crippen LogP contribution in [0.4, 0.5) is 0 Å². The van der Waals surface area contributed by atoms with Crippen LogP contribution in [-0.4, -0.2) is 55.2 Å². The maximum atomic E-state index is 5.72. The van der Waals surface area contributed by atoms with Gasteiger partial charge in [0.2, 0.25) is 0 Å². The minimum Gasteiger partial charge on any atom is -0.380 e. The summed E-state index contributed by atoms with van der Waals surface area (Å²) < 4.78 is 5.72. The van der Waals surface area contributed by atoms with Crippen LogP contribution in [0.3, 0.4) is 0 Å². The first-order chi connectivity index (χ1) is 10.4. The van der Waals surface area contributed by atoms with E-state index >= 15 is 0 Å². The Morgan fingerprint density at radius 2 is 1.71 bits per heavy atom. The summed E-state index contributed by atoms with van der Waals surface area (Å²) >= 11 is 0. The second kappa shape index (κ2) is 7.39. The molecule has 3 heteroatoms. The molecule has 1 aliphatic heterocycles. The Balaban J connectivity index is 1.50. The van der Waals surface area contributed by atoms with Gasteiger partial charge < -0.3 is 4.74 Å². The molecule has 3 nitrogen and oxygen atoms in total. The average molecular weight is 288 g/mol. The Labute approximate surface area is 128 Å². The van der Waals surface area contributed by atoms with Crippen molar-refractivity contribution in [2.24, 2.45) is 0 Å². The van der Waals surface area contributed by atoms with Crippen molar-refractivity contribution in [2.75, 3.05) is 33.3 Å². The number of methoxy groups -OCH3 is 1. The average Bonchev–Trinajstić information content (AvgIpc) is 2.56. The predicted molar refractivity (Wildman–Crippen MR) is 86.3 cm³/mol. The fourth-order valence-corrected chi connectivity index (χ4v) is 3.86. The largest absolute Gasteiger partial charge is 0.380 e. The van der Waals surface area contributed by atoms with Crippen LogP contribution in [0, 0.1) is 0 Å². The van der Waals surface area contributed by atoms with E-state index in [2.05, 4.69) is 40.1 Å². The van der Waals surface area contributed by atoms with E-state index in [0.717, 1.165) is 6.54 Å². The Morgan fingerprint density at radius 3 is 2.43 bits per heavy atom. The molecular formula is C18H28N2O. The lowest BCUT2D eigenvalue weighted by Gasteiger charge is -2.43. The minimum absolute atomic E-state index is 0.458. The summed E-state index contributed by atoms with van der Waals surface area (Å²) in [5.74, 6) is 0. The third kappa shape index (κ3) is 3.85. The van der Waals surface area contributed by atoms with Gasteiger partial charge in [0, 0.05) is 45.9 Å². The maximum Gasteiger partial charge on any atom is 0.0726 e. The van der Waals surface area contributed by atoms with Crippen LogP contribution in [0.1, 0.15) is 31.2 Å². The minimum atomic E-state index is 0.458. The zero-order chi connectivity index (χ0) is 14.5. The topological polar surface area (TPSA) is 15.7 Å². The Morgan fingerprint density at radius 1 is 1.00 bits per heavy atom. The molecule has 0 N–H and O–H groups in total. The normalized spacial score (nSPS) is 28.6. The van der Waals surface area contributed by atoms with Crippen molar-refractivity contribution in [1.82, 2.24) is 9.80 Å². The molecule has 3 rings (SSSR count). The second-order valence-corrected chi connectivity index (χ2v) is 6.42. The molecule has 1 saturated heterocycles. The lowest BCUT2D eigenvalue weighted by molar-refractivity contribution is -0.0279. The maximum absolute atomic E-state index is 5.72.